The molecule has 1 aromatic carbocycles. The first-order valence-corrected chi connectivity index (χ1v) is 11.0. The summed E-state index contributed by atoms with van der Waals surface area (Å²) in [6, 6.07) is 5.19. The Morgan fingerprint density at radius 2 is 1.70 bits per heavy atom. The molecular formula is C23H31NO6. The van der Waals surface area contributed by atoms with E-state index in [1.54, 1.807) is 25.1 Å². The Balaban J connectivity index is 1.43. The molecule has 2 aliphatic rings. The van der Waals surface area contributed by atoms with Crippen LogP contribution in [0.15, 0.2) is 18.2 Å². The fraction of sp³-hybridized carbons (Fsp3) is 0.609. The van der Waals surface area contributed by atoms with Crippen molar-refractivity contribution in [2.45, 2.75) is 76.9 Å². The molecule has 0 radical (unpaired) electrons. The summed E-state index contributed by atoms with van der Waals surface area (Å²) in [5, 5.41) is 2.98. The number of amides is 1. The molecule has 7 nitrogen and oxygen atoms in total. The number of carbonyl (C=O) groups excluding carboxylic acids is 3. The Kier molecular flexibility index (Phi) is 8.11. The second-order valence-corrected chi connectivity index (χ2v) is 7.96. The lowest BCUT2D eigenvalue weighted by atomic mass is 10.1. The first kappa shape index (κ1) is 22.1. The monoisotopic (exact) mass is 417 g/mol. The Morgan fingerprint density at radius 3 is 2.43 bits per heavy atom. The second-order valence-electron chi connectivity index (χ2n) is 7.96. The molecule has 1 saturated carbocycles. The zero-order valence-corrected chi connectivity index (χ0v) is 17.6. The quantitative estimate of drug-likeness (QED) is 0.414. The zero-order chi connectivity index (χ0) is 21.3. The maximum absolute atomic E-state index is 12.5. The molecule has 7 heteroatoms. The van der Waals surface area contributed by atoms with Crippen LogP contribution in [-0.2, 0) is 14.3 Å². The molecule has 1 atom stereocenters. The predicted molar refractivity (Wildman–Crippen MR) is 111 cm³/mol. The van der Waals surface area contributed by atoms with E-state index in [-0.39, 0.29) is 30.6 Å². The van der Waals surface area contributed by atoms with Gasteiger partial charge in [-0.2, -0.15) is 0 Å². The number of hydrogen-bond acceptors (Lipinski definition) is 6. The fourth-order valence-corrected chi connectivity index (χ4v) is 3.75. The number of benzene rings is 1. The number of nitrogens with one attached hydrogen (secondary N) is 1. The van der Waals surface area contributed by atoms with Crippen molar-refractivity contribution >= 4 is 17.7 Å². The maximum Gasteiger partial charge on any atom is 0.307 e. The Bertz CT molecular complexity index is 754. The van der Waals surface area contributed by atoms with E-state index in [9.17, 15) is 14.4 Å². The molecule has 1 N–H and O–H groups in total. The number of rotatable bonds is 7. The molecule has 1 aliphatic carbocycles. The van der Waals surface area contributed by atoms with Crippen molar-refractivity contribution in [1.82, 2.24) is 5.32 Å². The largest absolute Gasteiger partial charge is 0.490 e. The molecule has 0 saturated heterocycles. The highest BCUT2D eigenvalue weighted by molar-refractivity contribution is 5.98. The lowest BCUT2D eigenvalue weighted by molar-refractivity contribution is -0.155. The summed E-state index contributed by atoms with van der Waals surface area (Å²) < 4.78 is 16.4. The van der Waals surface area contributed by atoms with Crippen LogP contribution in [0.5, 0.6) is 11.5 Å². The number of hydrogen-bond donors (Lipinski definition) is 1. The first-order valence-electron chi connectivity index (χ1n) is 11.0. The summed E-state index contributed by atoms with van der Waals surface area (Å²) in [5.41, 5.74) is 0.464. The summed E-state index contributed by atoms with van der Waals surface area (Å²) in [4.78, 5) is 36.9. The van der Waals surface area contributed by atoms with Crippen molar-refractivity contribution in [3.05, 3.63) is 23.8 Å². The van der Waals surface area contributed by atoms with Gasteiger partial charge in [0.15, 0.2) is 23.4 Å². The van der Waals surface area contributed by atoms with Crippen LogP contribution in [0.1, 0.15) is 75.1 Å². The summed E-state index contributed by atoms with van der Waals surface area (Å²) in [6.45, 7) is 2.69. The van der Waals surface area contributed by atoms with Gasteiger partial charge in [-0.3, -0.25) is 14.4 Å². The van der Waals surface area contributed by atoms with Gasteiger partial charge in [-0.15, -0.1) is 0 Å². The van der Waals surface area contributed by atoms with Gasteiger partial charge in [0.2, 0.25) is 0 Å². The van der Waals surface area contributed by atoms with Crippen LogP contribution in [-0.4, -0.2) is 43.0 Å². The lowest BCUT2D eigenvalue weighted by Crippen LogP contribution is -2.41. The zero-order valence-electron chi connectivity index (χ0n) is 17.6. The van der Waals surface area contributed by atoms with Crippen LogP contribution < -0.4 is 14.8 Å². The number of ether oxygens (including phenoxy) is 3. The molecule has 0 bridgehead atoms. The molecule has 0 aromatic heterocycles. The van der Waals surface area contributed by atoms with Gasteiger partial charge in [0, 0.05) is 24.4 Å². The van der Waals surface area contributed by atoms with Gasteiger partial charge in [-0.25, -0.2) is 0 Å². The molecule has 1 heterocycles. The van der Waals surface area contributed by atoms with Gasteiger partial charge in [-0.05, 0) is 38.0 Å². The minimum Gasteiger partial charge on any atom is -0.490 e. The third kappa shape index (κ3) is 6.47. The summed E-state index contributed by atoms with van der Waals surface area (Å²) in [7, 11) is 0. The van der Waals surface area contributed by atoms with Crippen LogP contribution in [0.25, 0.3) is 0 Å². The molecule has 1 fully saturated rings. The summed E-state index contributed by atoms with van der Waals surface area (Å²) >= 11 is 0. The molecule has 164 valence electrons. The van der Waals surface area contributed by atoms with E-state index in [4.69, 9.17) is 14.2 Å². The number of fused-ring (bicyclic) bond motifs is 1. The lowest BCUT2D eigenvalue weighted by Gasteiger charge is -2.19. The van der Waals surface area contributed by atoms with Crippen LogP contribution in [0.3, 0.4) is 0 Å². The third-order valence-corrected chi connectivity index (χ3v) is 5.50. The van der Waals surface area contributed by atoms with Gasteiger partial charge >= 0.3 is 5.97 Å². The Morgan fingerprint density at radius 1 is 1.00 bits per heavy atom. The van der Waals surface area contributed by atoms with E-state index in [0.717, 1.165) is 32.1 Å². The highest BCUT2D eigenvalue weighted by Gasteiger charge is 2.22. The first-order chi connectivity index (χ1) is 14.5. The predicted octanol–water partition coefficient (Wildman–Crippen LogP) is 3.58. The van der Waals surface area contributed by atoms with Crippen LogP contribution in [0.4, 0.5) is 0 Å². The molecule has 1 amide bonds. The smallest absolute Gasteiger partial charge is 0.307 e. The minimum absolute atomic E-state index is 0.00937. The van der Waals surface area contributed by atoms with Crippen molar-refractivity contribution < 1.29 is 28.6 Å². The highest BCUT2D eigenvalue weighted by atomic mass is 16.5. The van der Waals surface area contributed by atoms with Gasteiger partial charge < -0.3 is 19.5 Å². The van der Waals surface area contributed by atoms with E-state index in [0.29, 0.717) is 30.3 Å². The molecular weight excluding hydrogens is 386 g/mol. The van der Waals surface area contributed by atoms with E-state index < -0.39 is 12.1 Å². The van der Waals surface area contributed by atoms with Gasteiger partial charge in [0.25, 0.3) is 5.91 Å². The van der Waals surface area contributed by atoms with Crippen LogP contribution >= 0.6 is 0 Å². The van der Waals surface area contributed by atoms with E-state index in [1.165, 1.54) is 12.8 Å². The number of ketones is 1. The Labute approximate surface area is 177 Å². The summed E-state index contributed by atoms with van der Waals surface area (Å²) in [6.07, 6.45) is 6.42. The molecule has 0 unspecified atom stereocenters. The highest BCUT2D eigenvalue weighted by Crippen LogP contribution is 2.30. The van der Waals surface area contributed by atoms with Gasteiger partial charge in [0.1, 0.15) is 0 Å². The topological polar surface area (TPSA) is 90.9 Å². The molecule has 0 spiro atoms. The van der Waals surface area contributed by atoms with E-state index in [2.05, 4.69) is 5.32 Å². The minimum atomic E-state index is -0.867. The van der Waals surface area contributed by atoms with Crippen molar-refractivity contribution in [2.75, 3.05) is 13.2 Å². The van der Waals surface area contributed by atoms with Crippen LogP contribution in [0, 0.1) is 0 Å². The standard InChI is InChI=1S/C23H31NO6/c1-16(23(27)24-18-7-4-2-3-5-8-18)30-22(26)12-10-19(25)17-9-11-20-21(15-17)29-14-6-13-28-20/h9,11,15-16,18H,2-8,10,12-14H2,1H3,(H,24,27)/t16-/m0/s1. The van der Waals surface area contributed by atoms with Crippen molar-refractivity contribution in [1.29, 1.82) is 0 Å². The number of esters is 1. The van der Waals surface area contributed by atoms with Crippen molar-refractivity contribution in [2.24, 2.45) is 0 Å². The normalized spacial score (nSPS) is 17.9. The van der Waals surface area contributed by atoms with Crippen LogP contribution in [0.2, 0.25) is 0 Å². The number of carbonyl (C=O) groups is 3. The van der Waals surface area contributed by atoms with Crippen molar-refractivity contribution in [3.8, 4) is 11.5 Å². The van der Waals surface area contributed by atoms with Crippen molar-refractivity contribution in [3.63, 3.8) is 0 Å². The molecule has 1 aliphatic heterocycles. The second kappa shape index (κ2) is 11.0. The SMILES string of the molecule is C[C@H](OC(=O)CCC(=O)c1ccc2c(c1)OCCCO2)C(=O)NC1CCCCCC1. The molecule has 30 heavy (non-hydrogen) atoms. The van der Waals surface area contributed by atoms with Gasteiger partial charge in [0.05, 0.1) is 19.6 Å². The maximum atomic E-state index is 12.5. The average molecular weight is 418 g/mol. The molecule has 1 aromatic rings. The van der Waals surface area contributed by atoms with E-state index in [1.807, 2.05) is 0 Å². The molecule has 3 rings (SSSR count). The third-order valence-electron chi connectivity index (χ3n) is 5.50. The average Bonchev–Trinajstić information content (AvgIpc) is 3.14. The fourth-order valence-electron chi connectivity index (χ4n) is 3.75. The summed E-state index contributed by atoms with van der Waals surface area (Å²) in [5.74, 6) is 0.158. The van der Waals surface area contributed by atoms with E-state index >= 15 is 0 Å². The number of Topliss-reactive ketones (excluding diaryl/α,β-unsaturated/α-hetero) is 1. The van der Waals surface area contributed by atoms with Gasteiger partial charge in [-0.1, -0.05) is 25.7 Å². The Hall–Kier alpha value is -2.57.